The monoisotopic (exact) mass is 297 g/mol. The largest absolute Gasteiger partial charge is 0.484 e. The second-order valence-electron chi connectivity index (χ2n) is 4.31. The minimum Gasteiger partial charge on any atom is -0.484 e. The van der Waals surface area contributed by atoms with E-state index in [1.807, 2.05) is 0 Å². The van der Waals surface area contributed by atoms with Gasteiger partial charge in [0.15, 0.2) is 11.6 Å². The van der Waals surface area contributed by atoms with E-state index in [9.17, 15) is 4.39 Å². The van der Waals surface area contributed by atoms with Crippen molar-refractivity contribution in [2.45, 2.75) is 6.61 Å². The van der Waals surface area contributed by atoms with Crippen LogP contribution < -0.4 is 10.1 Å². The molecule has 1 heterocycles. The zero-order valence-electron chi connectivity index (χ0n) is 11.7. The third-order valence-electron chi connectivity index (χ3n) is 2.85. The third kappa shape index (κ3) is 3.62. The molecule has 0 fully saturated rings. The van der Waals surface area contributed by atoms with Crippen LogP contribution in [0, 0.1) is 28.5 Å². The molecular formula is C15H12FN5O. The summed E-state index contributed by atoms with van der Waals surface area (Å²) < 4.78 is 21.0. The van der Waals surface area contributed by atoms with Crippen LogP contribution >= 0.6 is 0 Å². The number of hydrogen-bond donors (Lipinski definition) is 1. The second kappa shape index (κ2) is 6.91. The minimum absolute atomic E-state index is 0.100. The van der Waals surface area contributed by atoms with Gasteiger partial charge in [-0.2, -0.15) is 15.6 Å². The summed E-state index contributed by atoms with van der Waals surface area (Å²) in [6, 6.07) is 9.47. The molecule has 0 bridgehead atoms. The molecule has 0 aliphatic carbocycles. The average molecular weight is 297 g/mol. The molecule has 0 spiro atoms. The predicted octanol–water partition coefficient (Wildman–Crippen LogP) is 2.48. The number of allylic oxidation sites excluding steroid dienone is 1. The van der Waals surface area contributed by atoms with Crippen LogP contribution in [0.2, 0.25) is 0 Å². The Kier molecular flexibility index (Phi) is 4.74. The molecule has 0 atom stereocenters. The molecular weight excluding hydrogens is 285 g/mol. The fourth-order valence-corrected chi connectivity index (χ4v) is 1.65. The molecule has 22 heavy (non-hydrogen) atoms. The quantitative estimate of drug-likeness (QED) is 0.857. The standard InChI is InChI=1S/C15H12FN5O/c1-21-13(4-5-20-21)10-22-15-3-2-12(6-14(15)16)19-9-11(7-17)8-18/h2-6,9,19H,10H2,1H3. The number of hydrogen-bond acceptors (Lipinski definition) is 5. The van der Waals surface area contributed by atoms with Crippen molar-refractivity contribution in [1.82, 2.24) is 9.78 Å². The Morgan fingerprint density at radius 3 is 2.77 bits per heavy atom. The van der Waals surface area contributed by atoms with Gasteiger partial charge in [0.2, 0.25) is 0 Å². The minimum atomic E-state index is -0.545. The van der Waals surface area contributed by atoms with Crippen LogP contribution in [0.5, 0.6) is 5.75 Å². The molecule has 2 rings (SSSR count). The van der Waals surface area contributed by atoms with Crippen molar-refractivity contribution in [1.29, 1.82) is 10.5 Å². The molecule has 0 unspecified atom stereocenters. The van der Waals surface area contributed by atoms with E-state index in [0.717, 1.165) is 5.69 Å². The fourth-order valence-electron chi connectivity index (χ4n) is 1.65. The lowest BCUT2D eigenvalue weighted by atomic mass is 10.3. The maximum Gasteiger partial charge on any atom is 0.167 e. The zero-order chi connectivity index (χ0) is 15.9. The fraction of sp³-hybridized carbons (Fsp3) is 0.133. The van der Waals surface area contributed by atoms with Gasteiger partial charge in [0.05, 0.1) is 5.69 Å². The van der Waals surface area contributed by atoms with E-state index >= 15 is 0 Å². The second-order valence-corrected chi connectivity index (χ2v) is 4.31. The lowest BCUT2D eigenvalue weighted by molar-refractivity contribution is 0.280. The predicted molar refractivity (Wildman–Crippen MR) is 76.9 cm³/mol. The number of nitrogens with one attached hydrogen (secondary N) is 1. The van der Waals surface area contributed by atoms with E-state index in [1.54, 1.807) is 42.2 Å². The molecule has 0 saturated heterocycles. The summed E-state index contributed by atoms with van der Waals surface area (Å²) in [4.78, 5) is 0. The SMILES string of the molecule is Cn1nccc1COc1ccc(NC=C(C#N)C#N)cc1F. The summed E-state index contributed by atoms with van der Waals surface area (Å²) in [6.07, 6.45) is 2.85. The zero-order valence-corrected chi connectivity index (χ0v) is 11.7. The summed E-state index contributed by atoms with van der Waals surface area (Å²) in [7, 11) is 1.77. The molecule has 0 saturated carbocycles. The summed E-state index contributed by atoms with van der Waals surface area (Å²) in [5, 5.41) is 23.9. The highest BCUT2D eigenvalue weighted by atomic mass is 19.1. The van der Waals surface area contributed by atoms with Crippen LogP contribution in [-0.2, 0) is 13.7 Å². The van der Waals surface area contributed by atoms with Crippen LogP contribution in [0.15, 0.2) is 42.2 Å². The maximum atomic E-state index is 13.9. The van der Waals surface area contributed by atoms with Gasteiger partial charge in [0.1, 0.15) is 24.3 Å². The van der Waals surface area contributed by atoms with Crippen LogP contribution in [0.3, 0.4) is 0 Å². The summed E-state index contributed by atoms with van der Waals surface area (Å²) in [5.74, 6) is -0.437. The smallest absolute Gasteiger partial charge is 0.167 e. The van der Waals surface area contributed by atoms with Crippen LogP contribution in [-0.4, -0.2) is 9.78 Å². The Bertz CT molecular complexity index is 766. The number of anilines is 1. The van der Waals surface area contributed by atoms with Crippen molar-refractivity contribution < 1.29 is 9.13 Å². The van der Waals surface area contributed by atoms with E-state index < -0.39 is 5.82 Å². The Morgan fingerprint density at radius 1 is 1.41 bits per heavy atom. The molecule has 1 aromatic carbocycles. The number of aryl methyl sites for hydroxylation is 1. The lowest BCUT2D eigenvalue weighted by Crippen LogP contribution is -2.04. The van der Waals surface area contributed by atoms with Gasteiger partial charge in [0.25, 0.3) is 0 Å². The van der Waals surface area contributed by atoms with Gasteiger partial charge in [-0.1, -0.05) is 0 Å². The number of halogens is 1. The summed E-state index contributed by atoms with van der Waals surface area (Å²) in [6.45, 7) is 0.201. The van der Waals surface area contributed by atoms with E-state index in [-0.39, 0.29) is 17.9 Å². The number of benzene rings is 1. The van der Waals surface area contributed by atoms with Gasteiger partial charge in [-0.05, 0) is 18.2 Å². The third-order valence-corrected chi connectivity index (χ3v) is 2.85. The molecule has 0 aliphatic heterocycles. The number of ether oxygens (including phenoxy) is 1. The van der Waals surface area contributed by atoms with Gasteiger partial charge in [-0.25, -0.2) is 4.39 Å². The van der Waals surface area contributed by atoms with Crippen molar-refractivity contribution in [3.63, 3.8) is 0 Å². The number of nitrogens with zero attached hydrogens (tertiary/aromatic N) is 4. The highest BCUT2D eigenvalue weighted by Crippen LogP contribution is 2.22. The summed E-state index contributed by atoms with van der Waals surface area (Å²) in [5.41, 5.74) is 1.13. The first-order chi connectivity index (χ1) is 10.6. The average Bonchev–Trinajstić information content (AvgIpc) is 2.93. The normalized spacial score (nSPS) is 9.45. The first-order valence-electron chi connectivity index (χ1n) is 6.30. The van der Waals surface area contributed by atoms with E-state index in [2.05, 4.69) is 10.4 Å². The van der Waals surface area contributed by atoms with E-state index in [1.165, 1.54) is 18.3 Å². The Balaban J connectivity index is 2.04. The maximum absolute atomic E-state index is 13.9. The van der Waals surface area contributed by atoms with E-state index in [0.29, 0.717) is 5.69 Å². The Hall–Kier alpha value is -3.32. The van der Waals surface area contributed by atoms with Crippen LogP contribution in [0.25, 0.3) is 0 Å². The van der Waals surface area contributed by atoms with Gasteiger partial charge >= 0.3 is 0 Å². The highest BCUT2D eigenvalue weighted by molar-refractivity contribution is 5.51. The molecule has 7 heteroatoms. The molecule has 110 valence electrons. The van der Waals surface area contributed by atoms with Gasteiger partial charge in [-0.15, -0.1) is 0 Å². The first-order valence-corrected chi connectivity index (χ1v) is 6.30. The topological polar surface area (TPSA) is 86.7 Å². The highest BCUT2D eigenvalue weighted by Gasteiger charge is 2.06. The van der Waals surface area contributed by atoms with Crippen molar-refractivity contribution >= 4 is 5.69 Å². The molecule has 0 radical (unpaired) electrons. The van der Waals surface area contributed by atoms with Gasteiger partial charge in [0, 0.05) is 31.2 Å². The Labute approximate surface area is 126 Å². The number of rotatable bonds is 5. The van der Waals surface area contributed by atoms with Crippen LogP contribution in [0.4, 0.5) is 10.1 Å². The Morgan fingerprint density at radius 2 is 2.18 bits per heavy atom. The number of nitriles is 2. The van der Waals surface area contributed by atoms with Crippen molar-refractivity contribution in [3.05, 3.63) is 53.7 Å². The van der Waals surface area contributed by atoms with Crippen molar-refractivity contribution in [3.8, 4) is 17.9 Å². The molecule has 0 amide bonds. The van der Waals surface area contributed by atoms with E-state index in [4.69, 9.17) is 15.3 Å². The molecule has 6 nitrogen and oxygen atoms in total. The number of aromatic nitrogens is 2. The van der Waals surface area contributed by atoms with Crippen molar-refractivity contribution in [2.24, 2.45) is 7.05 Å². The molecule has 0 aliphatic rings. The van der Waals surface area contributed by atoms with Gasteiger partial charge in [-0.3, -0.25) is 4.68 Å². The lowest BCUT2D eigenvalue weighted by Gasteiger charge is -2.09. The van der Waals surface area contributed by atoms with Crippen molar-refractivity contribution in [2.75, 3.05) is 5.32 Å². The van der Waals surface area contributed by atoms with Gasteiger partial charge < -0.3 is 10.1 Å². The summed E-state index contributed by atoms with van der Waals surface area (Å²) >= 11 is 0. The molecule has 2 aromatic rings. The molecule has 1 N–H and O–H groups in total. The first kappa shape index (κ1) is 15.1. The van der Waals surface area contributed by atoms with Crippen LogP contribution in [0.1, 0.15) is 5.69 Å². The molecule has 1 aromatic heterocycles.